The predicted octanol–water partition coefficient (Wildman–Crippen LogP) is 7.36. The van der Waals surface area contributed by atoms with Crippen molar-refractivity contribution in [1.82, 2.24) is 29.5 Å². The Bertz CT molecular complexity index is 2150. The molecule has 7 rings (SSSR count). The van der Waals surface area contributed by atoms with Gasteiger partial charge in [0.2, 0.25) is 5.91 Å². The smallest absolute Gasteiger partial charge is 0.246 e. The first kappa shape index (κ1) is 33.9. The van der Waals surface area contributed by atoms with Crippen LogP contribution in [0.3, 0.4) is 0 Å². The predicted molar refractivity (Wildman–Crippen MR) is 186 cm³/mol. The molecule has 1 aromatic carbocycles. The molecule has 2 aliphatic rings. The first-order valence-electron chi connectivity index (χ1n) is 16.5. The second-order valence-electron chi connectivity index (χ2n) is 12.9. The second kappa shape index (κ2) is 13.3. The highest BCUT2D eigenvalue weighted by atomic mass is 32.1. The van der Waals surface area contributed by atoms with Gasteiger partial charge in [-0.05, 0) is 51.6 Å². The third kappa shape index (κ3) is 5.66. The highest BCUT2D eigenvalue weighted by Crippen LogP contribution is 2.48. The summed E-state index contributed by atoms with van der Waals surface area (Å²) in [5, 5.41) is 6.39. The Hall–Kier alpha value is -4.59. The average molecular weight is 703 g/mol. The molecule has 6 heterocycles. The summed E-state index contributed by atoms with van der Waals surface area (Å²) in [4.78, 5) is 26.8. The van der Waals surface area contributed by atoms with Crippen LogP contribution in [0.15, 0.2) is 48.5 Å². The topological polar surface area (TPSA) is 85.6 Å². The summed E-state index contributed by atoms with van der Waals surface area (Å²) < 4.78 is 60.4. The molecule has 0 unspecified atom stereocenters. The van der Waals surface area contributed by atoms with Crippen molar-refractivity contribution in [2.24, 2.45) is 0 Å². The first-order valence-corrected chi connectivity index (χ1v) is 17.3. The number of methoxy groups -OCH3 is 1. The zero-order valence-electron chi connectivity index (χ0n) is 28.5. The van der Waals surface area contributed by atoms with Crippen molar-refractivity contribution in [2.45, 2.75) is 51.9 Å². The van der Waals surface area contributed by atoms with Gasteiger partial charge in [0.05, 0.1) is 40.8 Å². The van der Waals surface area contributed by atoms with E-state index < -0.39 is 17.5 Å². The molecule has 50 heavy (non-hydrogen) atoms. The van der Waals surface area contributed by atoms with E-state index in [1.54, 1.807) is 21.8 Å². The molecular weight excluding hydrogens is 666 g/mol. The van der Waals surface area contributed by atoms with Gasteiger partial charge < -0.3 is 14.4 Å². The fourth-order valence-electron chi connectivity index (χ4n) is 7.18. The van der Waals surface area contributed by atoms with E-state index in [2.05, 4.69) is 25.5 Å². The SMILES string of the molecule is C=CC(=O)N1[C@H](C)c2cc(-c3nc(-c4cnc5c(c4)[C@@H](C)N(C)CC5)c4scc(F)c4c3-c3c(F)cc(F)cc3OCCOC)nn2C[C@@H]1C. The number of carbonyl (C=O) groups is 1. The summed E-state index contributed by atoms with van der Waals surface area (Å²) in [6.45, 7) is 11.0. The lowest BCUT2D eigenvalue weighted by molar-refractivity contribution is -0.131. The number of pyridine rings is 2. The Morgan fingerprint density at radius 1 is 1.06 bits per heavy atom. The van der Waals surface area contributed by atoms with Crippen molar-refractivity contribution in [3.63, 3.8) is 0 Å². The van der Waals surface area contributed by atoms with Crippen molar-refractivity contribution in [3.8, 4) is 39.5 Å². The molecule has 0 saturated carbocycles. The third-order valence-corrected chi connectivity index (χ3v) is 10.8. The quantitative estimate of drug-likeness (QED) is 0.123. The lowest BCUT2D eigenvalue weighted by Gasteiger charge is -2.38. The molecule has 0 N–H and O–H groups in total. The van der Waals surface area contributed by atoms with E-state index in [1.807, 2.05) is 19.9 Å². The number of nitrogens with zero attached hydrogens (tertiary/aromatic N) is 6. The summed E-state index contributed by atoms with van der Waals surface area (Å²) in [5.74, 6) is -2.72. The number of carbonyl (C=O) groups excluding carboxylic acids is 1. The first-order chi connectivity index (χ1) is 24.0. The van der Waals surface area contributed by atoms with Crippen LogP contribution >= 0.6 is 11.3 Å². The fourth-order valence-corrected chi connectivity index (χ4v) is 8.11. The van der Waals surface area contributed by atoms with E-state index in [4.69, 9.17) is 24.5 Å². The van der Waals surface area contributed by atoms with Crippen LogP contribution in [0.25, 0.3) is 43.9 Å². The van der Waals surface area contributed by atoms with Crippen LogP contribution in [-0.2, 0) is 22.5 Å². The molecule has 4 aromatic heterocycles. The highest BCUT2D eigenvalue weighted by molar-refractivity contribution is 7.17. The van der Waals surface area contributed by atoms with Gasteiger partial charge in [0.25, 0.3) is 0 Å². The fraction of sp³-hybridized carbons (Fsp3) is 0.351. The molecule has 260 valence electrons. The molecule has 3 atom stereocenters. The summed E-state index contributed by atoms with van der Waals surface area (Å²) in [5.41, 5.74) is 4.37. The largest absolute Gasteiger partial charge is 0.490 e. The van der Waals surface area contributed by atoms with Gasteiger partial charge in [0.1, 0.15) is 41.2 Å². The normalized spacial score (nSPS) is 19.0. The summed E-state index contributed by atoms with van der Waals surface area (Å²) >= 11 is 1.15. The zero-order valence-corrected chi connectivity index (χ0v) is 29.3. The van der Waals surface area contributed by atoms with Crippen molar-refractivity contribution in [2.75, 3.05) is 33.9 Å². The number of ether oxygens (including phenoxy) is 2. The molecule has 1 amide bonds. The van der Waals surface area contributed by atoms with Crippen molar-refractivity contribution in [3.05, 3.63) is 82.9 Å². The molecule has 2 aliphatic heterocycles. The van der Waals surface area contributed by atoms with E-state index in [-0.39, 0.29) is 65.2 Å². The van der Waals surface area contributed by atoms with Crippen LogP contribution in [-0.4, -0.2) is 75.4 Å². The van der Waals surface area contributed by atoms with Crippen molar-refractivity contribution >= 4 is 27.3 Å². The highest BCUT2D eigenvalue weighted by Gasteiger charge is 2.35. The van der Waals surface area contributed by atoms with Crippen molar-refractivity contribution in [1.29, 1.82) is 0 Å². The number of thiophene rings is 1. The van der Waals surface area contributed by atoms with E-state index in [0.29, 0.717) is 28.2 Å². The molecule has 0 fully saturated rings. The molecule has 0 saturated heterocycles. The summed E-state index contributed by atoms with van der Waals surface area (Å²) in [6, 6.07) is 5.18. The monoisotopic (exact) mass is 702 g/mol. The van der Waals surface area contributed by atoms with Crippen LogP contribution in [0.4, 0.5) is 13.2 Å². The molecular formula is C37H37F3N6O3S. The number of amides is 1. The number of fused-ring (bicyclic) bond motifs is 3. The van der Waals surface area contributed by atoms with Crippen LogP contribution in [0.5, 0.6) is 5.75 Å². The van der Waals surface area contributed by atoms with Crippen LogP contribution in [0, 0.1) is 17.5 Å². The second-order valence-corrected chi connectivity index (χ2v) is 13.7. The number of hydrogen-bond acceptors (Lipinski definition) is 8. The standard InChI is InChI=1S/C37H37F3N6O3S/c1-7-31(47)46-19(2)17-45-29(21(46)4)15-28(43-45)36-34(32-25(39)13-23(38)14-30(32)49-11-10-48-6)33-26(40)18-50-37(33)35(42-36)22-12-24-20(3)44(5)9-8-27(24)41-16-22/h7,12-16,18-21H,1,8-11,17H2,2-6H3/t19-,20+,21+/m0/s1. The summed E-state index contributed by atoms with van der Waals surface area (Å²) in [6.07, 6.45) is 3.83. The zero-order chi connectivity index (χ0) is 35.4. The minimum absolute atomic E-state index is 0.00271. The molecule has 5 aromatic rings. The molecule has 0 radical (unpaired) electrons. The number of rotatable bonds is 8. The maximum absolute atomic E-state index is 16.3. The van der Waals surface area contributed by atoms with Gasteiger partial charge >= 0.3 is 0 Å². The number of halogens is 3. The van der Waals surface area contributed by atoms with Gasteiger partial charge in [-0.3, -0.25) is 19.4 Å². The minimum atomic E-state index is -0.943. The molecule has 9 nitrogen and oxygen atoms in total. The number of aromatic nitrogens is 4. The van der Waals surface area contributed by atoms with Gasteiger partial charge in [-0.15, -0.1) is 11.3 Å². The number of hydrogen-bond donors (Lipinski definition) is 0. The van der Waals surface area contributed by atoms with Gasteiger partial charge in [0.15, 0.2) is 0 Å². The van der Waals surface area contributed by atoms with Gasteiger partial charge in [0, 0.05) is 78.1 Å². The minimum Gasteiger partial charge on any atom is -0.490 e. The van der Waals surface area contributed by atoms with Crippen LogP contribution in [0.1, 0.15) is 49.8 Å². The van der Waals surface area contributed by atoms with Crippen LogP contribution < -0.4 is 4.74 Å². The maximum atomic E-state index is 16.3. The lowest BCUT2D eigenvalue weighted by atomic mass is 9.93. The van der Waals surface area contributed by atoms with Gasteiger partial charge in [-0.25, -0.2) is 18.2 Å². The van der Waals surface area contributed by atoms with Crippen LogP contribution in [0.2, 0.25) is 0 Å². The van der Waals surface area contributed by atoms with Gasteiger partial charge in [-0.2, -0.15) is 5.10 Å². The Labute approximate surface area is 292 Å². The van der Waals surface area contributed by atoms with E-state index in [9.17, 15) is 9.18 Å². The maximum Gasteiger partial charge on any atom is 0.246 e. The van der Waals surface area contributed by atoms with E-state index in [1.165, 1.54) is 18.6 Å². The Morgan fingerprint density at radius 2 is 1.86 bits per heavy atom. The van der Waals surface area contributed by atoms with Gasteiger partial charge in [-0.1, -0.05) is 6.58 Å². The lowest BCUT2D eigenvalue weighted by Crippen LogP contribution is -2.46. The van der Waals surface area contributed by atoms with Crippen molar-refractivity contribution < 1.29 is 27.4 Å². The summed E-state index contributed by atoms with van der Waals surface area (Å²) in [7, 11) is 3.55. The third-order valence-electron chi connectivity index (χ3n) is 9.82. The Morgan fingerprint density at radius 3 is 2.62 bits per heavy atom. The number of benzene rings is 1. The average Bonchev–Trinajstić information content (AvgIpc) is 3.70. The van der Waals surface area contributed by atoms with E-state index in [0.717, 1.165) is 53.4 Å². The van der Waals surface area contributed by atoms with E-state index >= 15 is 8.78 Å². The number of likely N-dealkylation sites (N-methyl/N-ethyl adjacent to an activating group) is 1. The Balaban J connectivity index is 1.52. The Kier molecular flexibility index (Phi) is 8.99. The molecule has 0 aliphatic carbocycles. The molecule has 0 bridgehead atoms. The molecule has 0 spiro atoms. The molecule has 13 heteroatoms.